The fourth-order valence-electron chi connectivity index (χ4n) is 5.43. The van der Waals surface area contributed by atoms with Crippen LogP contribution in [0.4, 0.5) is 0 Å². The number of benzene rings is 2. The molecule has 0 bridgehead atoms. The van der Waals surface area contributed by atoms with E-state index in [9.17, 15) is 9.59 Å². The lowest BCUT2D eigenvalue weighted by molar-refractivity contribution is -0.103. The Morgan fingerprint density at radius 3 is 2.28 bits per heavy atom. The molecule has 3 nitrogen and oxygen atoms in total. The largest absolute Gasteiger partial charge is 0.344 e. The van der Waals surface area contributed by atoms with Crippen molar-refractivity contribution in [2.24, 2.45) is 0 Å². The van der Waals surface area contributed by atoms with E-state index in [2.05, 4.69) is 42.7 Å². The quantitative estimate of drug-likeness (QED) is 0.238. The van der Waals surface area contributed by atoms with E-state index in [0.29, 0.717) is 5.92 Å². The van der Waals surface area contributed by atoms with E-state index >= 15 is 0 Å². The summed E-state index contributed by atoms with van der Waals surface area (Å²) in [5.41, 5.74) is 7.68. The zero-order valence-corrected chi connectivity index (χ0v) is 19.3. The van der Waals surface area contributed by atoms with Crippen LogP contribution in [0.2, 0.25) is 0 Å². The van der Waals surface area contributed by atoms with Crippen LogP contribution < -0.4 is 0 Å². The number of hydrogen-bond acceptors (Lipinski definition) is 2. The molecule has 1 aliphatic carbocycles. The highest BCUT2D eigenvalue weighted by Crippen LogP contribution is 2.43. The summed E-state index contributed by atoms with van der Waals surface area (Å²) in [5, 5.41) is 1.07. The molecule has 32 heavy (non-hydrogen) atoms. The molecule has 0 radical (unpaired) electrons. The van der Waals surface area contributed by atoms with E-state index in [1.54, 1.807) is 0 Å². The molecule has 166 valence electrons. The lowest BCUT2D eigenvalue weighted by Crippen LogP contribution is -2.01. The summed E-state index contributed by atoms with van der Waals surface area (Å²) in [7, 11) is 0. The maximum absolute atomic E-state index is 11.5. The lowest BCUT2D eigenvalue weighted by atomic mass is 9.91. The van der Waals surface area contributed by atoms with Gasteiger partial charge in [0, 0.05) is 40.2 Å². The lowest BCUT2D eigenvalue weighted by Gasteiger charge is -2.14. The first-order chi connectivity index (χ1) is 15.7. The molecular formula is C29H33NO2. The molecule has 1 unspecified atom stereocenters. The molecule has 3 aromatic rings. The van der Waals surface area contributed by atoms with Gasteiger partial charge in [-0.2, -0.15) is 0 Å². The van der Waals surface area contributed by atoms with Gasteiger partial charge in [-0.3, -0.25) is 9.59 Å². The fraction of sp³-hybridized carbons (Fsp3) is 0.379. The van der Waals surface area contributed by atoms with E-state index in [-0.39, 0.29) is 0 Å². The van der Waals surface area contributed by atoms with Gasteiger partial charge in [0.05, 0.1) is 0 Å². The molecule has 0 N–H and O–H groups in total. The summed E-state index contributed by atoms with van der Waals surface area (Å²) in [6, 6.07) is 16.6. The van der Waals surface area contributed by atoms with Crippen molar-refractivity contribution in [3.63, 3.8) is 0 Å². The smallest absolute Gasteiger partial charge is 0.152 e. The molecule has 0 aliphatic heterocycles. The highest BCUT2D eigenvalue weighted by molar-refractivity contribution is 6.11. The second-order valence-corrected chi connectivity index (χ2v) is 9.05. The van der Waals surface area contributed by atoms with Crippen LogP contribution in [0.25, 0.3) is 16.5 Å². The van der Waals surface area contributed by atoms with Crippen LogP contribution in [-0.2, 0) is 11.3 Å². The molecule has 1 aromatic heterocycles. The standard InChI is InChI=1S/C29H33NO2/c1-21-23(24-14-8-9-15-25(24)27(21)19-31)13-7-5-3-4-6-12-18-30-22(2)28(20-32)26-16-10-11-17-29(26)30/h8-11,14-17,19-20,23H,3-7,12-13,18H2,1-2H3. The van der Waals surface area contributed by atoms with Crippen molar-refractivity contribution in [2.45, 2.75) is 71.3 Å². The number of aryl methyl sites for hydroxylation is 1. The first-order valence-electron chi connectivity index (χ1n) is 12.0. The Bertz CT molecular complexity index is 1150. The maximum Gasteiger partial charge on any atom is 0.152 e. The third-order valence-corrected chi connectivity index (χ3v) is 7.21. The number of carbonyl (C=O) groups excluding carboxylic acids is 2. The van der Waals surface area contributed by atoms with E-state index in [4.69, 9.17) is 0 Å². The van der Waals surface area contributed by atoms with Crippen LogP contribution in [0.5, 0.6) is 0 Å². The number of carbonyl (C=O) groups is 2. The molecule has 2 aromatic carbocycles. The minimum absolute atomic E-state index is 0.406. The Morgan fingerprint density at radius 2 is 1.50 bits per heavy atom. The minimum Gasteiger partial charge on any atom is -0.344 e. The maximum atomic E-state index is 11.5. The van der Waals surface area contributed by atoms with Gasteiger partial charge in [-0.1, -0.05) is 80.1 Å². The third kappa shape index (κ3) is 4.21. The van der Waals surface area contributed by atoms with E-state index in [0.717, 1.165) is 59.7 Å². The van der Waals surface area contributed by atoms with E-state index in [1.807, 2.05) is 24.3 Å². The highest BCUT2D eigenvalue weighted by atomic mass is 16.1. The summed E-state index contributed by atoms with van der Waals surface area (Å²) in [6.07, 6.45) is 10.4. The van der Waals surface area contributed by atoms with E-state index < -0.39 is 0 Å². The molecule has 0 amide bonds. The van der Waals surface area contributed by atoms with Gasteiger partial charge in [0.2, 0.25) is 0 Å². The normalized spacial score (nSPS) is 15.4. The number of para-hydroxylation sites is 1. The monoisotopic (exact) mass is 427 g/mol. The molecule has 1 heterocycles. The summed E-state index contributed by atoms with van der Waals surface area (Å²) in [5.74, 6) is 0.406. The summed E-state index contributed by atoms with van der Waals surface area (Å²) in [6.45, 7) is 5.15. The summed E-state index contributed by atoms with van der Waals surface area (Å²) < 4.78 is 2.30. The molecule has 0 saturated heterocycles. The van der Waals surface area contributed by atoms with Gasteiger partial charge in [-0.15, -0.1) is 0 Å². The van der Waals surface area contributed by atoms with Crippen molar-refractivity contribution in [1.29, 1.82) is 0 Å². The van der Waals surface area contributed by atoms with Crippen molar-refractivity contribution in [2.75, 3.05) is 0 Å². The second-order valence-electron chi connectivity index (χ2n) is 9.05. The van der Waals surface area contributed by atoms with Gasteiger partial charge in [-0.25, -0.2) is 0 Å². The molecule has 0 fully saturated rings. The van der Waals surface area contributed by atoms with Gasteiger partial charge < -0.3 is 4.57 Å². The van der Waals surface area contributed by atoms with Crippen molar-refractivity contribution in [3.05, 3.63) is 76.5 Å². The third-order valence-electron chi connectivity index (χ3n) is 7.21. The van der Waals surface area contributed by atoms with Crippen LogP contribution in [0.15, 0.2) is 54.1 Å². The molecule has 1 aliphatic rings. The number of rotatable bonds is 11. The van der Waals surface area contributed by atoms with Crippen molar-refractivity contribution in [3.8, 4) is 0 Å². The van der Waals surface area contributed by atoms with Crippen LogP contribution in [0.1, 0.15) is 85.0 Å². The molecule has 1 atom stereocenters. The van der Waals surface area contributed by atoms with Gasteiger partial charge >= 0.3 is 0 Å². The highest BCUT2D eigenvalue weighted by Gasteiger charge is 2.27. The minimum atomic E-state index is 0.406. The average molecular weight is 428 g/mol. The number of fused-ring (bicyclic) bond motifs is 2. The Morgan fingerprint density at radius 1 is 0.812 bits per heavy atom. The Hall–Kier alpha value is -2.94. The number of nitrogens with zero attached hydrogens (tertiary/aromatic N) is 1. The van der Waals surface area contributed by atoms with Crippen molar-refractivity contribution in [1.82, 2.24) is 4.57 Å². The first-order valence-corrected chi connectivity index (χ1v) is 12.0. The Labute approximate surface area is 191 Å². The zero-order chi connectivity index (χ0) is 22.5. The van der Waals surface area contributed by atoms with Crippen LogP contribution >= 0.6 is 0 Å². The number of hydrogen-bond donors (Lipinski definition) is 0. The van der Waals surface area contributed by atoms with Gasteiger partial charge in [-0.05, 0) is 43.9 Å². The Kier molecular flexibility index (Phi) is 7.04. The van der Waals surface area contributed by atoms with Gasteiger partial charge in [0.15, 0.2) is 12.6 Å². The summed E-state index contributed by atoms with van der Waals surface area (Å²) >= 11 is 0. The summed E-state index contributed by atoms with van der Waals surface area (Å²) in [4.78, 5) is 23.1. The average Bonchev–Trinajstić information content (AvgIpc) is 3.25. The predicted octanol–water partition coefficient (Wildman–Crippen LogP) is 7.26. The number of allylic oxidation sites excluding steroid dienone is 2. The Balaban J connectivity index is 1.21. The topological polar surface area (TPSA) is 39.1 Å². The van der Waals surface area contributed by atoms with Crippen molar-refractivity contribution >= 4 is 29.0 Å². The predicted molar refractivity (Wildman–Crippen MR) is 132 cm³/mol. The number of aromatic nitrogens is 1. The zero-order valence-electron chi connectivity index (χ0n) is 19.3. The molecule has 0 spiro atoms. The molecular weight excluding hydrogens is 394 g/mol. The molecule has 3 heteroatoms. The van der Waals surface area contributed by atoms with Crippen LogP contribution in [0, 0.1) is 6.92 Å². The first kappa shape index (κ1) is 22.3. The van der Waals surface area contributed by atoms with Crippen molar-refractivity contribution < 1.29 is 9.59 Å². The van der Waals surface area contributed by atoms with Gasteiger partial charge in [0.1, 0.15) is 0 Å². The fourth-order valence-corrected chi connectivity index (χ4v) is 5.43. The SMILES string of the molecule is CC1=C(C=O)c2ccccc2C1CCCCCCCCn1c(C)c(C=O)c2ccccc21. The van der Waals surface area contributed by atoms with E-state index in [1.165, 1.54) is 48.8 Å². The molecule has 0 saturated carbocycles. The second kappa shape index (κ2) is 10.1. The van der Waals surface area contributed by atoms with Crippen LogP contribution in [-0.4, -0.2) is 17.1 Å². The van der Waals surface area contributed by atoms with Gasteiger partial charge in [0.25, 0.3) is 0 Å². The van der Waals surface area contributed by atoms with Crippen LogP contribution in [0.3, 0.4) is 0 Å². The number of unbranched alkanes of at least 4 members (excludes halogenated alkanes) is 5. The molecule has 4 rings (SSSR count). The number of aldehydes is 2.